The van der Waals surface area contributed by atoms with Gasteiger partial charge in [0, 0.05) is 19.5 Å². The Hall–Kier alpha value is -1.68. The molecule has 3 rings (SSSR count). The Balaban J connectivity index is 1.45. The summed E-state index contributed by atoms with van der Waals surface area (Å²) in [6.45, 7) is 3.59. The van der Waals surface area contributed by atoms with E-state index in [1.54, 1.807) is 0 Å². The van der Waals surface area contributed by atoms with Crippen molar-refractivity contribution >= 4 is 0 Å². The van der Waals surface area contributed by atoms with Gasteiger partial charge in [0.15, 0.2) is 5.82 Å². The van der Waals surface area contributed by atoms with Crippen LogP contribution in [0, 0.1) is 6.92 Å². The van der Waals surface area contributed by atoms with E-state index < -0.39 is 0 Å². The van der Waals surface area contributed by atoms with Gasteiger partial charge in [-0.25, -0.2) is 0 Å². The molecule has 0 amide bonds. The monoisotopic (exact) mass is 257 g/mol. The molecule has 4 nitrogen and oxygen atoms in total. The highest BCUT2D eigenvalue weighted by atomic mass is 16.5. The molecule has 1 aliphatic carbocycles. The Kier molecular flexibility index (Phi) is 3.60. The minimum atomic E-state index is 0.701. The molecule has 0 radical (unpaired) electrons. The van der Waals surface area contributed by atoms with Crippen molar-refractivity contribution in [3.63, 3.8) is 0 Å². The zero-order valence-corrected chi connectivity index (χ0v) is 11.2. The van der Waals surface area contributed by atoms with Crippen LogP contribution in [0.1, 0.15) is 41.6 Å². The quantitative estimate of drug-likeness (QED) is 0.808. The predicted molar refractivity (Wildman–Crippen MR) is 72.9 cm³/mol. The third kappa shape index (κ3) is 3.41. The van der Waals surface area contributed by atoms with E-state index in [4.69, 9.17) is 4.52 Å². The molecule has 0 unspecified atom stereocenters. The van der Waals surface area contributed by atoms with E-state index in [0.717, 1.165) is 25.4 Å². The average Bonchev–Trinajstić information content (AvgIpc) is 3.19. The van der Waals surface area contributed by atoms with Gasteiger partial charge >= 0.3 is 0 Å². The molecule has 0 aliphatic heterocycles. The number of nitrogens with one attached hydrogen (secondary N) is 1. The number of hydrogen-bond donors (Lipinski definition) is 1. The van der Waals surface area contributed by atoms with Crippen LogP contribution in [-0.4, -0.2) is 16.7 Å². The zero-order chi connectivity index (χ0) is 13.1. The van der Waals surface area contributed by atoms with Crippen molar-refractivity contribution in [3.8, 4) is 0 Å². The Labute approximate surface area is 113 Å². The fourth-order valence-electron chi connectivity index (χ4n) is 2.24. The second kappa shape index (κ2) is 5.53. The lowest BCUT2D eigenvalue weighted by molar-refractivity contribution is 0.372. The second-order valence-electron chi connectivity index (χ2n) is 5.18. The van der Waals surface area contributed by atoms with Gasteiger partial charge in [0.05, 0.1) is 0 Å². The Bertz CT molecular complexity index is 546. The van der Waals surface area contributed by atoms with E-state index in [-0.39, 0.29) is 0 Å². The topological polar surface area (TPSA) is 51.0 Å². The molecule has 0 bridgehead atoms. The van der Waals surface area contributed by atoms with Crippen molar-refractivity contribution in [3.05, 3.63) is 47.1 Å². The van der Waals surface area contributed by atoms with Gasteiger partial charge in [0.1, 0.15) is 0 Å². The summed E-state index contributed by atoms with van der Waals surface area (Å²) in [6.07, 6.45) is 3.49. The minimum absolute atomic E-state index is 0.701. The molecule has 0 spiro atoms. The molecule has 19 heavy (non-hydrogen) atoms. The van der Waals surface area contributed by atoms with Crippen LogP contribution in [0.25, 0.3) is 0 Å². The molecule has 100 valence electrons. The summed E-state index contributed by atoms with van der Waals surface area (Å²) < 4.78 is 5.07. The van der Waals surface area contributed by atoms with Crippen LogP contribution in [0.4, 0.5) is 0 Å². The molecule has 1 aromatic carbocycles. The number of hydrogen-bond acceptors (Lipinski definition) is 4. The Morgan fingerprint density at radius 3 is 3.00 bits per heavy atom. The maximum atomic E-state index is 5.07. The molecular weight excluding hydrogens is 238 g/mol. The molecule has 1 saturated carbocycles. The van der Waals surface area contributed by atoms with Crippen LogP contribution in [-0.2, 0) is 13.0 Å². The summed E-state index contributed by atoms with van der Waals surface area (Å²) in [4.78, 5) is 4.18. The molecule has 1 aliphatic rings. The highest BCUT2D eigenvalue weighted by Gasteiger charge is 2.23. The molecule has 1 aromatic heterocycles. The first kappa shape index (κ1) is 12.4. The molecular formula is C15H19N3O. The normalized spacial score (nSPS) is 14.8. The average molecular weight is 257 g/mol. The maximum Gasteiger partial charge on any atom is 0.227 e. The van der Waals surface area contributed by atoms with Crippen LogP contribution >= 0.6 is 0 Å². The van der Waals surface area contributed by atoms with E-state index in [9.17, 15) is 0 Å². The van der Waals surface area contributed by atoms with Crippen molar-refractivity contribution < 1.29 is 4.52 Å². The maximum absolute atomic E-state index is 5.07. The standard InChI is InChI=1S/C15H19N3O/c1-11-17-15(19-18-11)7-8-16-10-12-3-2-4-14(9-12)13-5-6-13/h2-4,9,13,16H,5-8,10H2,1H3. The van der Waals surface area contributed by atoms with Crippen molar-refractivity contribution in [2.75, 3.05) is 6.54 Å². The summed E-state index contributed by atoms with van der Waals surface area (Å²) in [6, 6.07) is 8.89. The van der Waals surface area contributed by atoms with Gasteiger partial charge in [-0.05, 0) is 36.8 Å². The van der Waals surface area contributed by atoms with E-state index in [1.165, 1.54) is 24.0 Å². The summed E-state index contributed by atoms with van der Waals surface area (Å²) in [7, 11) is 0. The summed E-state index contributed by atoms with van der Waals surface area (Å²) in [5.74, 6) is 2.23. The fraction of sp³-hybridized carbons (Fsp3) is 0.467. The van der Waals surface area contributed by atoms with Gasteiger partial charge in [-0.3, -0.25) is 0 Å². The zero-order valence-electron chi connectivity index (χ0n) is 11.2. The SMILES string of the molecule is Cc1noc(CCNCc2cccc(C3CC3)c2)n1. The minimum Gasteiger partial charge on any atom is -0.339 e. The molecule has 1 heterocycles. The number of nitrogens with zero attached hydrogens (tertiary/aromatic N) is 2. The van der Waals surface area contributed by atoms with E-state index in [1.807, 2.05) is 6.92 Å². The first-order chi connectivity index (χ1) is 9.31. The third-order valence-corrected chi connectivity index (χ3v) is 3.41. The molecule has 1 N–H and O–H groups in total. The molecule has 1 fully saturated rings. The predicted octanol–water partition coefficient (Wildman–Crippen LogP) is 2.59. The van der Waals surface area contributed by atoms with Crippen LogP contribution in [0.15, 0.2) is 28.8 Å². The van der Waals surface area contributed by atoms with Gasteiger partial charge < -0.3 is 9.84 Å². The smallest absolute Gasteiger partial charge is 0.227 e. The Morgan fingerprint density at radius 1 is 1.37 bits per heavy atom. The second-order valence-corrected chi connectivity index (χ2v) is 5.18. The highest BCUT2D eigenvalue weighted by Crippen LogP contribution is 2.40. The molecule has 0 atom stereocenters. The summed E-state index contributed by atoms with van der Waals surface area (Å²) in [5, 5.41) is 7.20. The van der Waals surface area contributed by atoms with Crippen molar-refractivity contribution in [1.29, 1.82) is 0 Å². The van der Waals surface area contributed by atoms with E-state index >= 15 is 0 Å². The van der Waals surface area contributed by atoms with Gasteiger partial charge in [0.2, 0.25) is 5.89 Å². The number of aryl methyl sites for hydroxylation is 1. The van der Waals surface area contributed by atoms with Crippen molar-refractivity contribution in [2.24, 2.45) is 0 Å². The van der Waals surface area contributed by atoms with Crippen molar-refractivity contribution in [2.45, 2.75) is 38.6 Å². The fourth-order valence-corrected chi connectivity index (χ4v) is 2.24. The van der Waals surface area contributed by atoms with Gasteiger partial charge in [-0.1, -0.05) is 29.4 Å². The summed E-state index contributed by atoms with van der Waals surface area (Å²) in [5.41, 5.74) is 2.85. The molecule has 2 aromatic rings. The first-order valence-corrected chi connectivity index (χ1v) is 6.90. The van der Waals surface area contributed by atoms with E-state index in [2.05, 4.69) is 39.7 Å². The van der Waals surface area contributed by atoms with Gasteiger partial charge in [-0.15, -0.1) is 0 Å². The largest absolute Gasteiger partial charge is 0.339 e. The lowest BCUT2D eigenvalue weighted by Crippen LogP contribution is -2.16. The lowest BCUT2D eigenvalue weighted by atomic mass is 10.1. The molecule has 0 saturated heterocycles. The van der Waals surface area contributed by atoms with Crippen LogP contribution in [0.2, 0.25) is 0 Å². The molecule has 4 heteroatoms. The Morgan fingerprint density at radius 2 is 2.26 bits per heavy atom. The van der Waals surface area contributed by atoms with E-state index in [0.29, 0.717) is 11.7 Å². The van der Waals surface area contributed by atoms with Gasteiger partial charge in [-0.2, -0.15) is 4.98 Å². The van der Waals surface area contributed by atoms with Crippen LogP contribution < -0.4 is 5.32 Å². The number of rotatable bonds is 6. The van der Waals surface area contributed by atoms with Crippen LogP contribution in [0.3, 0.4) is 0 Å². The number of benzene rings is 1. The van der Waals surface area contributed by atoms with Gasteiger partial charge in [0.25, 0.3) is 0 Å². The summed E-state index contributed by atoms with van der Waals surface area (Å²) >= 11 is 0. The third-order valence-electron chi connectivity index (χ3n) is 3.41. The number of aromatic nitrogens is 2. The highest BCUT2D eigenvalue weighted by molar-refractivity contribution is 5.29. The first-order valence-electron chi connectivity index (χ1n) is 6.90. The lowest BCUT2D eigenvalue weighted by Gasteiger charge is -2.05. The van der Waals surface area contributed by atoms with Crippen molar-refractivity contribution in [1.82, 2.24) is 15.5 Å². The van der Waals surface area contributed by atoms with Crippen LogP contribution in [0.5, 0.6) is 0 Å².